The number of methoxy groups -OCH3 is 1. The number of esters is 3. The fourth-order valence-electron chi connectivity index (χ4n) is 8.78. The van der Waals surface area contributed by atoms with Crippen molar-refractivity contribution in [3.05, 3.63) is 81.7 Å². The highest BCUT2D eigenvalue weighted by atomic mass is 79.9. The van der Waals surface area contributed by atoms with Crippen LogP contribution < -0.4 is 0 Å². The van der Waals surface area contributed by atoms with Crippen LogP contribution in [0.3, 0.4) is 0 Å². The van der Waals surface area contributed by atoms with E-state index in [0.29, 0.717) is 27.5 Å². The standard InChI is InChI=1S/C42H43BrN6O6S3/c1-21-18-45-48-25(8-10-32-27(37(21)48)15-34(57-32)40(50)53-5)13-23(3)54-41(51)35-16-28-33(58-35)11-9-26(49-38(28)22(2)19-46-49)14-24(4)55-42(52)36-17-29-31(56-36)7-6-12-47-39(29)30(43)20-44-47/h15-20,23-26H,6-14H2,1-5H3. The van der Waals surface area contributed by atoms with Gasteiger partial charge in [-0.3, -0.25) is 14.0 Å². The molecule has 0 radical (unpaired) electrons. The maximum atomic E-state index is 13.7. The first-order valence-corrected chi connectivity index (χ1v) is 22.9. The molecule has 3 aliphatic heterocycles. The Balaban J connectivity index is 0.863. The number of thiophene rings is 3. The van der Waals surface area contributed by atoms with Crippen LogP contribution in [0.4, 0.5) is 0 Å². The fraction of sp³-hybridized carbons (Fsp3) is 0.429. The number of ether oxygens (including phenoxy) is 3. The molecule has 0 aliphatic carbocycles. The van der Waals surface area contributed by atoms with Crippen molar-refractivity contribution in [3.63, 3.8) is 0 Å². The quantitative estimate of drug-likeness (QED) is 0.103. The molecule has 0 saturated heterocycles. The van der Waals surface area contributed by atoms with E-state index in [1.807, 2.05) is 73.8 Å². The maximum Gasteiger partial charge on any atom is 0.348 e. The van der Waals surface area contributed by atoms with Gasteiger partial charge in [0.05, 0.1) is 59.3 Å². The first-order valence-electron chi connectivity index (χ1n) is 19.7. The molecule has 302 valence electrons. The summed E-state index contributed by atoms with van der Waals surface area (Å²) < 4.78 is 24.2. The Morgan fingerprint density at radius 1 is 0.707 bits per heavy atom. The molecule has 0 N–H and O–H groups in total. The van der Waals surface area contributed by atoms with Crippen molar-refractivity contribution in [3.8, 4) is 33.8 Å². The summed E-state index contributed by atoms with van der Waals surface area (Å²) in [5.41, 5.74) is 8.16. The second-order valence-electron chi connectivity index (χ2n) is 15.5. The van der Waals surface area contributed by atoms with Gasteiger partial charge in [0.2, 0.25) is 0 Å². The molecule has 0 saturated carbocycles. The van der Waals surface area contributed by atoms with E-state index in [1.165, 1.54) is 46.0 Å². The van der Waals surface area contributed by atoms with E-state index in [1.54, 1.807) is 0 Å². The predicted octanol–water partition coefficient (Wildman–Crippen LogP) is 9.82. The molecule has 0 aromatic carbocycles. The van der Waals surface area contributed by atoms with Crippen molar-refractivity contribution in [2.45, 2.75) is 110 Å². The molecule has 0 spiro atoms. The Bertz CT molecular complexity index is 2570. The molecule has 4 unspecified atom stereocenters. The minimum absolute atomic E-state index is 0.0130. The number of aryl methyl sites for hydroxylation is 6. The second-order valence-corrected chi connectivity index (χ2v) is 19.8. The van der Waals surface area contributed by atoms with Crippen LogP contribution in [0.1, 0.15) is 113 Å². The number of halogens is 1. The van der Waals surface area contributed by atoms with Crippen molar-refractivity contribution in [1.82, 2.24) is 29.3 Å². The summed E-state index contributed by atoms with van der Waals surface area (Å²) in [6, 6.07) is 5.87. The fourth-order valence-corrected chi connectivity index (χ4v) is 12.5. The van der Waals surface area contributed by atoms with Crippen molar-refractivity contribution >= 4 is 67.8 Å². The first-order chi connectivity index (χ1) is 28.0. The van der Waals surface area contributed by atoms with Gasteiger partial charge < -0.3 is 14.2 Å². The van der Waals surface area contributed by atoms with Crippen LogP contribution in [0.25, 0.3) is 33.8 Å². The third kappa shape index (κ3) is 7.09. The molecule has 0 fully saturated rings. The lowest BCUT2D eigenvalue weighted by Crippen LogP contribution is -2.22. The number of carbonyl (C=O) groups is 3. The minimum Gasteiger partial charge on any atom is -0.465 e. The average molecular weight is 904 g/mol. The molecular weight excluding hydrogens is 861 g/mol. The Morgan fingerprint density at radius 2 is 1.17 bits per heavy atom. The minimum atomic E-state index is -0.353. The van der Waals surface area contributed by atoms with Gasteiger partial charge in [0.15, 0.2) is 0 Å². The largest absolute Gasteiger partial charge is 0.465 e. The van der Waals surface area contributed by atoms with Crippen LogP contribution in [0.5, 0.6) is 0 Å². The Kier molecular flexibility index (Phi) is 10.6. The monoisotopic (exact) mass is 902 g/mol. The highest BCUT2D eigenvalue weighted by Gasteiger charge is 2.33. The summed E-state index contributed by atoms with van der Waals surface area (Å²) in [4.78, 5) is 44.8. The predicted molar refractivity (Wildman–Crippen MR) is 227 cm³/mol. The lowest BCUT2D eigenvalue weighted by atomic mass is 10.0. The number of rotatable bonds is 9. The number of carbonyl (C=O) groups excluding carboxylic acids is 3. The molecule has 6 aromatic heterocycles. The molecular formula is C42H43BrN6O6S3. The molecule has 9 rings (SSSR count). The normalized spacial score (nSPS) is 17.9. The summed E-state index contributed by atoms with van der Waals surface area (Å²) in [6.45, 7) is 8.83. The van der Waals surface area contributed by atoms with Crippen LogP contribution in [-0.2, 0) is 40.0 Å². The number of hydrogen-bond acceptors (Lipinski definition) is 12. The lowest BCUT2D eigenvalue weighted by Gasteiger charge is -2.22. The van der Waals surface area contributed by atoms with Crippen molar-refractivity contribution < 1.29 is 28.6 Å². The van der Waals surface area contributed by atoms with Crippen LogP contribution in [-0.4, -0.2) is 66.6 Å². The van der Waals surface area contributed by atoms with Crippen LogP contribution in [0.15, 0.2) is 41.3 Å². The molecule has 0 bridgehead atoms. The van der Waals surface area contributed by atoms with E-state index in [0.717, 1.165) is 104 Å². The third-order valence-corrected chi connectivity index (χ3v) is 15.5. The molecule has 12 nitrogen and oxygen atoms in total. The van der Waals surface area contributed by atoms with Crippen LogP contribution in [0.2, 0.25) is 0 Å². The maximum absolute atomic E-state index is 13.7. The average Bonchev–Trinajstić information content (AvgIpc) is 4.05. The zero-order valence-electron chi connectivity index (χ0n) is 32.9. The Labute approximate surface area is 356 Å². The van der Waals surface area contributed by atoms with Crippen molar-refractivity contribution in [2.75, 3.05) is 7.11 Å². The van der Waals surface area contributed by atoms with E-state index in [9.17, 15) is 14.4 Å². The van der Waals surface area contributed by atoms with Gasteiger partial charge in [0.25, 0.3) is 0 Å². The van der Waals surface area contributed by atoms with E-state index in [2.05, 4.69) is 25.7 Å². The van der Waals surface area contributed by atoms with Crippen molar-refractivity contribution in [2.24, 2.45) is 0 Å². The summed E-state index contributed by atoms with van der Waals surface area (Å²) in [6.07, 6.45) is 11.1. The van der Waals surface area contributed by atoms with Gasteiger partial charge in [-0.15, -0.1) is 34.0 Å². The highest BCUT2D eigenvalue weighted by molar-refractivity contribution is 9.10. The van der Waals surface area contributed by atoms with Gasteiger partial charge >= 0.3 is 17.9 Å². The van der Waals surface area contributed by atoms with E-state index < -0.39 is 0 Å². The number of hydrogen-bond donors (Lipinski definition) is 0. The molecule has 6 aromatic rings. The SMILES string of the molecule is COC(=O)c1cc2c(s1)CCC(CC(C)OC(=O)c1cc3c(s1)CCC(CC(C)OC(=O)c1cc4c(s1)CCCn1ncc(Br)c1-4)n1ncc(C)c1-3)n1ncc(C)c1-2. The highest BCUT2D eigenvalue weighted by Crippen LogP contribution is 2.44. The topological polar surface area (TPSA) is 132 Å². The zero-order valence-corrected chi connectivity index (χ0v) is 36.9. The third-order valence-electron chi connectivity index (χ3n) is 11.4. The lowest BCUT2D eigenvalue weighted by molar-refractivity contribution is 0.0283. The van der Waals surface area contributed by atoms with Gasteiger partial charge in [-0.1, -0.05) is 0 Å². The molecule has 58 heavy (non-hydrogen) atoms. The first kappa shape index (κ1) is 39.1. The smallest absolute Gasteiger partial charge is 0.348 e. The summed E-state index contributed by atoms with van der Waals surface area (Å²) in [5.74, 6) is -0.968. The van der Waals surface area contributed by atoms with Gasteiger partial charge in [0, 0.05) is 50.7 Å². The summed E-state index contributed by atoms with van der Waals surface area (Å²) in [7, 11) is 1.40. The van der Waals surface area contributed by atoms with Gasteiger partial charge in [-0.05, 0) is 111 Å². The molecule has 3 aliphatic rings. The van der Waals surface area contributed by atoms with E-state index in [4.69, 9.17) is 24.4 Å². The molecule has 16 heteroatoms. The van der Waals surface area contributed by atoms with E-state index >= 15 is 0 Å². The second kappa shape index (κ2) is 15.7. The molecule has 4 atom stereocenters. The van der Waals surface area contributed by atoms with E-state index in [-0.39, 0.29) is 42.2 Å². The number of nitrogens with zero attached hydrogens (tertiary/aromatic N) is 6. The number of aromatic nitrogens is 6. The Hall–Kier alpha value is -4.38. The van der Waals surface area contributed by atoms with Crippen LogP contribution in [0, 0.1) is 13.8 Å². The molecule has 0 amide bonds. The summed E-state index contributed by atoms with van der Waals surface area (Å²) >= 11 is 8.13. The van der Waals surface area contributed by atoms with Crippen LogP contribution >= 0.6 is 49.9 Å². The number of fused-ring (bicyclic) bond motifs is 9. The Morgan fingerprint density at radius 3 is 1.67 bits per heavy atom. The van der Waals surface area contributed by atoms with Gasteiger partial charge in [-0.2, -0.15) is 15.3 Å². The zero-order chi connectivity index (χ0) is 40.4. The van der Waals surface area contributed by atoms with Crippen molar-refractivity contribution in [1.29, 1.82) is 0 Å². The summed E-state index contributed by atoms with van der Waals surface area (Å²) in [5, 5.41) is 14.1. The molecule has 9 heterocycles. The van der Waals surface area contributed by atoms with Gasteiger partial charge in [0.1, 0.15) is 26.8 Å². The van der Waals surface area contributed by atoms with Gasteiger partial charge in [-0.25, -0.2) is 14.4 Å².